The lowest BCUT2D eigenvalue weighted by Gasteiger charge is -2.41. The summed E-state index contributed by atoms with van der Waals surface area (Å²) in [5, 5.41) is 0. The Morgan fingerprint density at radius 1 is 0.857 bits per heavy atom. The monoisotopic (exact) mass is 386 g/mol. The Labute approximate surface area is 169 Å². The predicted octanol–water partition coefficient (Wildman–Crippen LogP) is 1.61. The quantitative estimate of drug-likeness (QED) is 0.789. The third-order valence-corrected chi connectivity index (χ3v) is 6.11. The molecule has 0 radical (unpaired) electrons. The average Bonchev–Trinajstić information content (AvgIpc) is 2.71. The number of piperazine rings is 2. The molecule has 0 N–H and O–H groups in total. The molecule has 2 aliphatic rings. The Morgan fingerprint density at radius 3 is 1.93 bits per heavy atom. The molecule has 6 heteroatoms. The molecule has 0 aliphatic carbocycles. The van der Waals surface area contributed by atoms with Gasteiger partial charge in [0.05, 0.1) is 6.04 Å². The Bertz CT molecular complexity index is 684. The number of likely N-dealkylation sites (N-methyl/N-ethyl adjacent to an activating group) is 1. The minimum Gasteiger partial charge on any atom is -0.339 e. The summed E-state index contributed by atoms with van der Waals surface area (Å²) in [7, 11) is 0. The molecule has 1 aromatic rings. The molecule has 0 saturated carbocycles. The first-order valence-electron chi connectivity index (χ1n) is 10.5. The third kappa shape index (κ3) is 4.73. The summed E-state index contributed by atoms with van der Waals surface area (Å²) in [6, 6.07) is 5.89. The number of carbonyl (C=O) groups is 2. The molecule has 154 valence electrons. The van der Waals surface area contributed by atoms with Crippen molar-refractivity contribution in [2.24, 2.45) is 0 Å². The second-order valence-electron chi connectivity index (χ2n) is 8.14. The van der Waals surface area contributed by atoms with Gasteiger partial charge in [0.15, 0.2) is 0 Å². The van der Waals surface area contributed by atoms with Gasteiger partial charge < -0.3 is 14.7 Å². The lowest BCUT2D eigenvalue weighted by molar-refractivity contribution is -0.138. The molecule has 2 fully saturated rings. The van der Waals surface area contributed by atoms with E-state index in [9.17, 15) is 9.59 Å². The summed E-state index contributed by atoms with van der Waals surface area (Å²) in [5.41, 5.74) is 3.00. The van der Waals surface area contributed by atoms with Crippen LogP contribution < -0.4 is 0 Å². The average molecular weight is 387 g/mol. The van der Waals surface area contributed by atoms with Crippen LogP contribution in [0.15, 0.2) is 18.2 Å². The molecular formula is C22H34N4O2. The summed E-state index contributed by atoms with van der Waals surface area (Å²) in [6.07, 6.45) is 0. The van der Waals surface area contributed by atoms with E-state index in [-0.39, 0.29) is 17.9 Å². The Kier molecular flexibility index (Phi) is 6.73. The van der Waals surface area contributed by atoms with E-state index in [2.05, 4.69) is 22.8 Å². The molecule has 0 unspecified atom stereocenters. The van der Waals surface area contributed by atoms with Crippen molar-refractivity contribution in [2.45, 2.75) is 33.7 Å². The van der Waals surface area contributed by atoms with Gasteiger partial charge in [-0.25, -0.2) is 0 Å². The number of hydrogen-bond acceptors (Lipinski definition) is 4. The van der Waals surface area contributed by atoms with Crippen molar-refractivity contribution in [2.75, 3.05) is 58.9 Å². The molecule has 2 heterocycles. The smallest absolute Gasteiger partial charge is 0.253 e. The van der Waals surface area contributed by atoms with Crippen molar-refractivity contribution >= 4 is 11.8 Å². The van der Waals surface area contributed by atoms with E-state index in [0.29, 0.717) is 13.1 Å². The number of carbonyl (C=O) groups excluding carboxylic acids is 2. The van der Waals surface area contributed by atoms with Gasteiger partial charge in [-0.1, -0.05) is 24.1 Å². The van der Waals surface area contributed by atoms with Gasteiger partial charge in [-0.3, -0.25) is 14.5 Å². The molecule has 2 saturated heterocycles. The van der Waals surface area contributed by atoms with Crippen molar-refractivity contribution in [3.05, 3.63) is 34.9 Å². The van der Waals surface area contributed by atoms with E-state index in [1.807, 2.05) is 42.7 Å². The first-order valence-corrected chi connectivity index (χ1v) is 10.5. The zero-order chi connectivity index (χ0) is 20.3. The highest BCUT2D eigenvalue weighted by Crippen LogP contribution is 2.15. The molecule has 2 aliphatic heterocycles. The second-order valence-corrected chi connectivity index (χ2v) is 8.14. The summed E-state index contributed by atoms with van der Waals surface area (Å²) < 4.78 is 0. The minimum absolute atomic E-state index is 0.0983. The highest BCUT2D eigenvalue weighted by atomic mass is 16.2. The van der Waals surface area contributed by atoms with E-state index < -0.39 is 0 Å². The van der Waals surface area contributed by atoms with Crippen LogP contribution in [0.3, 0.4) is 0 Å². The largest absolute Gasteiger partial charge is 0.339 e. The first kappa shape index (κ1) is 20.8. The van der Waals surface area contributed by atoms with Crippen LogP contribution in [0.4, 0.5) is 0 Å². The van der Waals surface area contributed by atoms with Crippen molar-refractivity contribution in [1.29, 1.82) is 0 Å². The lowest BCUT2D eigenvalue weighted by atomic mass is 10.1. The van der Waals surface area contributed by atoms with Crippen molar-refractivity contribution < 1.29 is 9.59 Å². The van der Waals surface area contributed by atoms with Crippen LogP contribution in [0.25, 0.3) is 0 Å². The van der Waals surface area contributed by atoms with Crippen LogP contribution in [0.2, 0.25) is 0 Å². The molecule has 28 heavy (non-hydrogen) atoms. The van der Waals surface area contributed by atoms with Crippen LogP contribution >= 0.6 is 0 Å². The Hall–Kier alpha value is -1.92. The molecule has 1 aromatic carbocycles. The van der Waals surface area contributed by atoms with Gasteiger partial charge in [0, 0.05) is 57.9 Å². The number of aryl methyl sites for hydroxylation is 2. The van der Waals surface area contributed by atoms with Gasteiger partial charge >= 0.3 is 0 Å². The zero-order valence-electron chi connectivity index (χ0n) is 17.8. The third-order valence-electron chi connectivity index (χ3n) is 6.11. The van der Waals surface area contributed by atoms with Crippen LogP contribution in [-0.4, -0.2) is 96.4 Å². The zero-order valence-corrected chi connectivity index (χ0v) is 17.8. The first-order chi connectivity index (χ1) is 13.4. The lowest BCUT2D eigenvalue weighted by Crippen LogP contribution is -2.58. The van der Waals surface area contributed by atoms with Crippen LogP contribution in [0.5, 0.6) is 0 Å². The standard InChI is InChI=1S/C22H34N4O2/c1-5-23-6-8-25(9-7-23)21(27)19(4)24-10-12-26(13-11-24)22(28)20-15-17(2)14-18(3)16-20/h14-16,19H,5-13H2,1-4H3/t19-/m0/s1. The SMILES string of the molecule is CCN1CCN(C(=O)[C@H](C)N2CCN(C(=O)c3cc(C)cc(C)c3)CC2)CC1. The summed E-state index contributed by atoms with van der Waals surface area (Å²) in [5.74, 6) is 0.325. The molecule has 0 bridgehead atoms. The number of hydrogen-bond donors (Lipinski definition) is 0. The molecule has 6 nitrogen and oxygen atoms in total. The molecule has 3 rings (SSSR count). The van der Waals surface area contributed by atoms with Crippen LogP contribution in [-0.2, 0) is 4.79 Å². The van der Waals surface area contributed by atoms with Gasteiger partial charge in [0.1, 0.15) is 0 Å². The van der Waals surface area contributed by atoms with Crippen LogP contribution in [0, 0.1) is 13.8 Å². The second kappa shape index (κ2) is 9.05. The van der Waals surface area contributed by atoms with Gasteiger partial charge in [0.25, 0.3) is 5.91 Å². The Balaban J connectivity index is 1.53. The van der Waals surface area contributed by atoms with Gasteiger partial charge in [-0.2, -0.15) is 0 Å². The van der Waals surface area contributed by atoms with Crippen LogP contribution in [0.1, 0.15) is 35.3 Å². The maximum absolute atomic E-state index is 12.9. The van der Waals surface area contributed by atoms with Gasteiger partial charge in [0.2, 0.25) is 5.91 Å². The van der Waals surface area contributed by atoms with E-state index in [1.165, 1.54) is 0 Å². The molecule has 0 spiro atoms. The van der Waals surface area contributed by atoms with Gasteiger partial charge in [-0.05, 0) is 39.4 Å². The molecule has 1 atom stereocenters. The number of benzene rings is 1. The minimum atomic E-state index is -0.119. The highest BCUT2D eigenvalue weighted by Gasteiger charge is 2.31. The summed E-state index contributed by atoms with van der Waals surface area (Å²) in [6.45, 7) is 15.7. The number of rotatable bonds is 4. The normalized spacial score (nSPS) is 20.3. The van der Waals surface area contributed by atoms with E-state index in [1.54, 1.807) is 0 Å². The van der Waals surface area contributed by atoms with E-state index in [0.717, 1.165) is 62.5 Å². The highest BCUT2D eigenvalue weighted by molar-refractivity contribution is 5.94. The fraction of sp³-hybridized carbons (Fsp3) is 0.636. The van der Waals surface area contributed by atoms with Crippen molar-refractivity contribution in [3.63, 3.8) is 0 Å². The maximum atomic E-state index is 12.9. The fourth-order valence-corrected chi connectivity index (χ4v) is 4.30. The summed E-state index contributed by atoms with van der Waals surface area (Å²) in [4.78, 5) is 34.3. The van der Waals surface area contributed by atoms with Crippen molar-refractivity contribution in [3.8, 4) is 0 Å². The van der Waals surface area contributed by atoms with E-state index >= 15 is 0 Å². The maximum Gasteiger partial charge on any atom is 0.253 e. The topological polar surface area (TPSA) is 47.1 Å². The number of nitrogens with zero attached hydrogens (tertiary/aromatic N) is 4. The fourth-order valence-electron chi connectivity index (χ4n) is 4.30. The molecule has 0 aromatic heterocycles. The Morgan fingerprint density at radius 2 is 1.39 bits per heavy atom. The van der Waals surface area contributed by atoms with Crippen molar-refractivity contribution in [1.82, 2.24) is 19.6 Å². The van der Waals surface area contributed by atoms with Gasteiger partial charge in [-0.15, -0.1) is 0 Å². The molecular weight excluding hydrogens is 352 g/mol. The summed E-state index contributed by atoms with van der Waals surface area (Å²) >= 11 is 0. The predicted molar refractivity (Wildman–Crippen MR) is 112 cm³/mol. The number of amides is 2. The van der Waals surface area contributed by atoms with E-state index in [4.69, 9.17) is 0 Å². The molecule has 2 amide bonds.